The Hall–Kier alpha value is -2.83. The molecule has 0 bridgehead atoms. The first-order chi connectivity index (χ1) is 11.6. The number of hydrogen-bond donors (Lipinski definition) is 3. The SMILES string of the molecule is COc1ccc(-c2[nH]ncc2C(=O)NCCCCCC(=O)O)cc1. The molecule has 0 radical (unpaired) electrons. The van der Waals surface area contributed by atoms with Gasteiger partial charge in [-0.05, 0) is 37.1 Å². The van der Waals surface area contributed by atoms with Gasteiger partial charge in [0, 0.05) is 18.5 Å². The predicted octanol–water partition coefficient (Wildman–Crippen LogP) is 2.46. The first-order valence-electron chi connectivity index (χ1n) is 7.79. The fourth-order valence-electron chi connectivity index (χ4n) is 2.31. The van der Waals surface area contributed by atoms with Crippen LogP contribution in [-0.2, 0) is 4.79 Å². The Kier molecular flexibility index (Phi) is 6.36. The average Bonchev–Trinajstić information content (AvgIpc) is 3.07. The minimum Gasteiger partial charge on any atom is -0.497 e. The van der Waals surface area contributed by atoms with Gasteiger partial charge in [0.1, 0.15) is 5.75 Å². The summed E-state index contributed by atoms with van der Waals surface area (Å²) in [7, 11) is 1.60. The Morgan fingerprint density at radius 3 is 2.62 bits per heavy atom. The Morgan fingerprint density at radius 1 is 1.21 bits per heavy atom. The highest BCUT2D eigenvalue weighted by Gasteiger charge is 2.14. The maximum Gasteiger partial charge on any atom is 0.303 e. The fourth-order valence-corrected chi connectivity index (χ4v) is 2.31. The number of aromatic amines is 1. The van der Waals surface area contributed by atoms with Gasteiger partial charge in [-0.2, -0.15) is 5.10 Å². The second-order valence-electron chi connectivity index (χ2n) is 5.35. The zero-order chi connectivity index (χ0) is 17.4. The van der Waals surface area contributed by atoms with E-state index in [1.807, 2.05) is 24.3 Å². The summed E-state index contributed by atoms with van der Waals surface area (Å²) in [5.41, 5.74) is 1.98. The minimum absolute atomic E-state index is 0.164. The van der Waals surface area contributed by atoms with Gasteiger partial charge in [0.2, 0.25) is 0 Å². The van der Waals surface area contributed by atoms with E-state index in [2.05, 4.69) is 15.5 Å². The van der Waals surface area contributed by atoms with E-state index < -0.39 is 5.97 Å². The highest BCUT2D eigenvalue weighted by Crippen LogP contribution is 2.23. The second kappa shape index (κ2) is 8.71. The van der Waals surface area contributed by atoms with Crippen LogP contribution in [0.25, 0.3) is 11.3 Å². The topological polar surface area (TPSA) is 104 Å². The number of unbranched alkanes of at least 4 members (excludes halogenated alkanes) is 2. The number of carbonyl (C=O) groups excluding carboxylic acids is 1. The monoisotopic (exact) mass is 331 g/mol. The molecule has 1 amide bonds. The minimum atomic E-state index is -0.790. The van der Waals surface area contributed by atoms with Crippen LogP contribution in [0.1, 0.15) is 36.0 Å². The van der Waals surface area contributed by atoms with Gasteiger partial charge in [-0.25, -0.2) is 0 Å². The van der Waals surface area contributed by atoms with E-state index in [1.54, 1.807) is 7.11 Å². The van der Waals surface area contributed by atoms with E-state index in [-0.39, 0.29) is 12.3 Å². The van der Waals surface area contributed by atoms with Crippen LogP contribution in [0.15, 0.2) is 30.5 Å². The quantitative estimate of drug-likeness (QED) is 0.612. The lowest BCUT2D eigenvalue weighted by Crippen LogP contribution is -2.24. The van der Waals surface area contributed by atoms with Gasteiger partial charge in [-0.15, -0.1) is 0 Å². The van der Waals surface area contributed by atoms with Crippen molar-refractivity contribution >= 4 is 11.9 Å². The van der Waals surface area contributed by atoms with Gasteiger partial charge in [0.25, 0.3) is 5.91 Å². The number of rotatable bonds is 9. The largest absolute Gasteiger partial charge is 0.497 e. The smallest absolute Gasteiger partial charge is 0.303 e. The van der Waals surface area contributed by atoms with E-state index >= 15 is 0 Å². The molecule has 2 rings (SSSR count). The summed E-state index contributed by atoms with van der Waals surface area (Å²) >= 11 is 0. The Morgan fingerprint density at radius 2 is 1.96 bits per heavy atom. The predicted molar refractivity (Wildman–Crippen MR) is 89.0 cm³/mol. The number of benzene rings is 1. The second-order valence-corrected chi connectivity index (χ2v) is 5.35. The number of nitrogens with zero attached hydrogens (tertiary/aromatic N) is 1. The number of carboxylic acids is 1. The number of aromatic nitrogens is 2. The van der Waals surface area contributed by atoms with Crippen LogP contribution in [0.3, 0.4) is 0 Å². The van der Waals surface area contributed by atoms with Gasteiger partial charge in [-0.3, -0.25) is 14.7 Å². The number of nitrogens with one attached hydrogen (secondary N) is 2. The first-order valence-corrected chi connectivity index (χ1v) is 7.79. The molecule has 0 aliphatic heterocycles. The molecule has 3 N–H and O–H groups in total. The molecule has 0 fully saturated rings. The maximum atomic E-state index is 12.3. The summed E-state index contributed by atoms with van der Waals surface area (Å²) in [6.07, 6.45) is 3.79. The number of carbonyl (C=O) groups is 2. The van der Waals surface area contributed by atoms with Crippen molar-refractivity contribution in [2.45, 2.75) is 25.7 Å². The molecule has 1 aromatic heterocycles. The molecule has 0 spiro atoms. The molecule has 128 valence electrons. The summed E-state index contributed by atoms with van der Waals surface area (Å²) in [6.45, 7) is 0.506. The van der Waals surface area contributed by atoms with Crippen LogP contribution in [-0.4, -0.2) is 40.8 Å². The molecule has 7 nitrogen and oxygen atoms in total. The number of H-pyrrole nitrogens is 1. The van der Waals surface area contributed by atoms with E-state index in [1.165, 1.54) is 6.20 Å². The maximum absolute atomic E-state index is 12.3. The number of aliphatic carboxylic acids is 1. The summed E-state index contributed by atoms with van der Waals surface area (Å²) < 4.78 is 5.12. The van der Waals surface area contributed by atoms with E-state index in [9.17, 15) is 9.59 Å². The molecule has 0 unspecified atom stereocenters. The summed E-state index contributed by atoms with van der Waals surface area (Å²) in [6, 6.07) is 7.35. The highest BCUT2D eigenvalue weighted by molar-refractivity contribution is 5.99. The van der Waals surface area contributed by atoms with E-state index in [0.717, 1.165) is 24.2 Å². The lowest BCUT2D eigenvalue weighted by atomic mass is 10.1. The van der Waals surface area contributed by atoms with Crippen molar-refractivity contribution < 1.29 is 19.4 Å². The molecule has 0 saturated heterocycles. The van der Waals surface area contributed by atoms with Crippen molar-refractivity contribution in [3.8, 4) is 17.0 Å². The van der Waals surface area contributed by atoms with Crippen molar-refractivity contribution in [3.05, 3.63) is 36.0 Å². The van der Waals surface area contributed by atoms with Crippen LogP contribution < -0.4 is 10.1 Å². The normalized spacial score (nSPS) is 10.4. The first kappa shape index (κ1) is 17.5. The molecule has 24 heavy (non-hydrogen) atoms. The van der Waals surface area contributed by atoms with Crippen LogP contribution >= 0.6 is 0 Å². The Labute approximate surface area is 140 Å². The molecule has 0 aliphatic rings. The lowest BCUT2D eigenvalue weighted by molar-refractivity contribution is -0.137. The molecule has 0 saturated carbocycles. The number of ether oxygens (including phenoxy) is 1. The van der Waals surface area contributed by atoms with Crippen molar-refractivity contribution in [2.24, 2.45) is 0 Å². The number of amides is 1. The number of carboxylic acid groups (broad SMARTS) is 1. The fraction of sp³-hybridized carbons (Fsp3) is 0.353. The van der Waals surface area contributed by atoms with Crippen molar-refractivity contribution in [3.63, 3.8) is 0 Å². The van der Waals surface area contributed by atoms with Crippen LogP contribution in [0.2, 0.25) is 0 Å². The number of hydrogen-bond acceptors (Lipinski definition) is 4. The molecular weight excluding hydrogens is 310 g/mol. The van der Waals surface area contributed by atoms with E-state index in [4.69, 9.17) is 9.84 Å². The molecule has 2 aromatic rings. The van der Waals surface area contributed by atoms with Crippen molar-refractivity contribution in [1.82, 2.24) is 15.5 Å². The molecule has 7 heteroatoms. The molecule has 0 aliphatic carbocycles. The third-order valence-corrected chi connectivity index (χ3v) is 3.62. The van der Waals surface area contributed by atoms with Crippen LogP contribution in [0.5, 0.6) is 5.75 Å². The standard InChI is InChI=1S/C17H21N3O4/c1-24-13-8-6-12(7-9-13)16-14(11-19-20-16)17(23)18-10-4-2-3-5-15(21)22/h6-9,11H,2-5,10H2,1H3,(H,18,23)(H,19,20)(H,21,22). The van der Waals surface area contributed by atoms with Crippen LogP contribution in [0.4, 0.5) is 0 Å². The van der Waals surface area contributed by atoms with E-state index in [0.29, 0.717) is 24.2 Å². The summed E-state index contributed by atoms with van der Waals surface area (Å²) in [5.74, 6) is -0.250. The third-order valence-electron chi connectivity index (χ3n) is 3.62. The zero-order valence-electron chi connectivity index (χ0n) is 13.5. The van der Waals surface area contributed by atoms with Gasteiger partial charge in [0.05, 0.1) is 24.6 Å². The van der Waals surface area contributed by atoms with Gasteiger partial charge < -0.3 is 15.2 Å². The highest BCUT2D eigenvalue weighted by atomic mass is 16.5. The van der Waals surface area contributed by atoms with Gasteiger partial charge in [0.15, 0.2) is 0 Å². The summed E-state index contributed by atoms with van der Waals surface area (Å²) in [5, 5.41) is 18.2. The van der Waals surface area contributed by atoms with Crippen LogP contribution in [0, 0.1) is 0 Å². The van der Waals surface area contributed by atoms with Crippen molar-refractivity contribution in [2.75, 3.05) is 13.7 Å². The zero-order valence-corrected chi connectivity index (χ0v) is 13.5. The number of methoxy groups -OCH3 is 1. The molecule has 1 heterocycles. The Balaban J connectivity index is 1.89. The molecule has 0 atom stereocenters. The molecular formula is C17H21N3O4. The summed E-state index contributed by atoms with van der Waals surface area (Å²) in [4.78, 5) is 22.7. The van der Waals surface area contributed by atoms with Crippen molar-refractivity contribution in [1.29, 1.82) is 0 Å². The van der Waals surface area contributed by atoms with Gasteiger partial charge >= 0.3 is 5.97 Å². The van der Waals surface area contributed by atoms with Gasteiger partial charge in [-0.1, -0.05) is 6.42 Å². The lowest BCUT2D eigenvalue weighted by Gasteiger charge is -2.06. The molecule has 1 aromatic carbocycles. The Bertz CT molecular complexity index is 679. The third kappa shape index (κ3) is 4.84. The average molecular weight is 331 g/mol.